The molecule has 3 rings (SSSR count). The van der Waals surface area contributed by atoms with E-state index in [1.165, 1.54) is 5.56 Å². The van der Waals surface area contributed by atoms with E-state index in [1.807, 2.05) is 23.1 Å². The summed E-state index contributed by atoms with van der Waals surface area (Å²) < 4.78 is 0. The van der Waals surface area contributed by atoms with Gasteiger partial charge in [-0.25, -0.2) is 0 Å². The fourth-order valence-corrected chi connectivity index (χ4v) is 3.44. The van der Waals surface area contributed by atoms with Gasteiger partial charge in [0.25, 0.3) is 0 Å². The van der Waals surface area contributed by atoms with Crippen molar-refractivity contribution in [1.29, 1.82) is 0 Å². The number of hydrogen-bond donors (Lipinski definition) is 1. The molecule has 1 aliphatic heterocycles. The number of amides is 1. The molecule has 0 bridgehead atoms. The highest BCUT2D eigenvalue weighted by atomic mass is 35.5. The van der Waals surface area contributed by atoms with E-state index in [4.69, 9.17) is 11.6 Å². The zero-order valence-electron chi connectivity index (χ0n) is 11.6. The third kappa shape index (κ3) is 2.99. The standard InChI is InChI=1S/C16H21ClN2O/c17-15-6-2-1-5-14(15)12-9-13(10-12)18-11-16(20)19-7-3-4-8-19/h1-2,5-6,12-13,18H,3-4,7-11H2. The Hall–Kier alpha value is -1.06. The number of carbonyl (C=O) groups is 1. The van der Waals surface area contributed by atoms with Gasteiger partial charge in [-0.15, -0.1) is 0 Å². The van der Waals surface area contributed by atoms with Crippen molar-refractivity contribution < 1.29 is 4.79 Å². The fourth-order valence-electron chi connectivity index (χ4n) is 3.15. The molecule has 4 heteroatoms. The van der Waals surface area contributed by atoms with Crippen LogP contribution in [0.1, 0.15) is 37.2 Å². The van der Waals surface area contributed by atoms with Crippen molar-refractivity contribution in [1.82, 2.24) is 10.2 Å². The van der Waals surface area contributed by atoms with E-state index in [0.29, 0.717) is 18.5 Å². The zero-order valence-corrected chi connectivity index (χ0v) is 12.4. The largest absolute Gasteiger partial charge is 0.342 e. The first-order chi connectivity index (χ1) is 9.74. The Balaban J connectivity index is 1.42. The van der Waals surface area contributed by atoms with Gasteiger partial charge in [-0.2, -0.15) is 0 Å². The number of likely N-dealkylation sites (tertiary alicyclic amines) is 1. The maximum Gasteiger partial charge on any atom is 0.236 e. The second-order valence-electron chi connectivity index (χ2n) is 5.86. The Kier molecular flexibility index (Phi) is 4.27. The molecule has 1 aromatic rings. The van der Waals surface area contributed by atoms with Crippen LogP contribution in [-0.4, -0.2) is 36.5 Å². The van der Waals surface area contributed by atoms with Crippen LogP contribution in [0.15, 0.2) is 24.3 Å². The minimum atomic E-state index is 0.253. The van der Waals surface area contributed by atoms with Crippen LogP contribution in [0.3, 0.4) is 0 Å². The van der Waals surface area contributed by atoms with Crippen LogP contribution in [0.5, 0.6) is 0 Å². The summed E-state index contributed by atoms with van der Waals surface area (Å²) in [6.45, 7) is 2.36. The molecular formula is C16H21ClN2O. The van der Waals surface area contributed by atoms with Gasteiger partial charge in [0.1, 0.15) is 0 Å². The molecule has 1 heterocycles. The highest BCUT2D eigenvalue weighted by Crippen LogP contribution is 2.39. The maximum atomic E-state index is 11.9. The van der Waals surface area contributed by atoms with Crippen LogP contribution in [0.2, 0.25) is 5.02 Å². The Morgan fingerprint density at radius 1 is 1.25 bits per heavy atom. The average molecular weight is 293 g/mol. The molecule has 1 saturated carbocycles. The predicted molar refractivity (Wildman–Crippen MR) is 81.0 cm³/mol. The van der Waals surface area contributed by atoms with Crippen LogP contribution in [0, 0.1) is 0 Å². The molecule has 0 unspecified atom stereocenters. The van der Waals surface area contributed by atoms with Crippen LogP contribution in [0.25, 0.3) is 0 Å². The first kappa shape index (κ1) is 13.9. The number of benzene rings is 1. The summed E-state index contributed by atoms with van der Waals surface area (Å²) in [5.74, 6) is 0.798. The molecule has 0 aromatic heterocycles. The van der Waals surface area contributed by atoms with Crippen molar-refractivity contribution >= 4 is 17.5 Å². The highest BCUT2D eigenvalue weighted by Gasteiger charge is 2.31. The average Bonchev–Trinajstić information content (AvgIpc) is 2.92. The molecular weight excluding hydrogens is 272 g/mol. The van der Waals surface area contributed by atoms with Crippen molar-refractivity contribution in [2.75, 3.05) is 19.6 Å². The van der Waals surface area contributed by atoms with Crippen molar-refractivity contribution in [2.45, 2.75) is 37.6 Å². The van der Waals surface area contributed by atoms with Crippen LogP contribution < -0.4 is 5.32 Å². The zero-order chi connectivity index (χ0) is 13.9. The first-order valence-corrected chi connectivity index (χ1v) is 7.87. The summed E-state index contributed by atoms with van der Waals surface area (Å²) in [4.78, 5) is 13.9. The molecule has 108 valence electrons. The minimum absolute atomic E-state index is 0.253. The first-order valence-electron chi connectivity index (χ1n) is 7.49. The summed E-state index contributed by atoms with van der Waals surface area (Å²) in [6, 6.07) is 8.53. The number of halogens is 1. The van der Waals surface area contributed by atoms with E-state index in [-0.39, 0.29) is 5.91 Å². The van der Waals surface area contributed by atoms with Crippen LogP contribution >= 0.6 is 11.6 Å². The molecule has 0 atom stereocenters. The van der Waals surface area contributed by atoms with Gasteiger partial charge in [0, 0.05) is 24.2 Å². The maximum absolute atomic E-state index is 11.9. The van der Waals surface area contributed by atoms with Crippen molar-refractivity contribution in [3.8, 4) is 0 Å². The van der Waals surface area contributed by atoms with Gasteiger partial charge in [-0.05, 0) is 43.2 Å². The molecule has 1 saturated heterocycles. The number of rotatable bonds is 4. The SMILES string of the molecule is O=C(CNC1CC(c2ccccc2Cl)C1)N1CCCC1. The molecule has 0 spiro atoms. The van der Waals surface area contributed by atoms with E-state index in [0.717, 1.165) is 43.8 Å². The van der Waals surface area contributed by atoms with E-state index < -0.39 is 0 Å². The van der Waals surface area contributed by atoms with E-state index in [1.54, 1.807) is 0 Å². The monoisotopic (exact) mass is 292 g/mol. The van der Waals surface area contributed by atoms with Crippen LogP contribution in [0.4, 0.5) is 0 Å². The Labute approximate surface area is 125 Å². The van der Waals surface area contributed by atoms with Gasteiger partial charge < -0.3 is 10.2 Å². The quantitative estimate of drug-likeness (QED) is 0.925. The van der Waals surface area contributed by atoms with Crippen molar-refractivity contribution in [3.63, 3.8) is 0 Å². The lowest BCUT2D eigenvalue weighted by molar-refractivity contribution is -0.129. The van der Waals surface area contributed by atoms with Crippen LogP contribution in [-0.2, 0) is 4.79 Å². The minimum Gasteiger partial charge on any atom is -0.342 e. The van der Waals surface area contributed by atoms with E-state index in [9.17, 15) is 4.79 Å². The Bertz CT molecular complexity index is 479. The van der Waals surface area contributed by atoms with Crippen molar-refractivity contribution in [2.24, 2.45) is 0 Å². The van der Waals surface area contributed by atoms with Crippen molar-refractivity contribution in [3.05, 3.63) is 34.9 Å². The lowest BCUT2D eigenvalue weighted by Gasteiger charge is -2.37. The summed E-state index contributed by atoms with van der Waals surface area (Å²) >= 11 is 6.21. The molecule has 1 aromatic carbocycles. The molecule has 1 amide bonds. The van der Waals surface area contributed by atoms with Gasteiger partial charge in [-0.3, -0.25) is 4.79 Å². The van der Waals surface area contributed by atoms with Gasteiger partial charge in [0.2, 0.25) is 5.91 Å². The summed E-state index contributed by atoms with van der Waals surface area (Å²) in [7, 11) is 0. The summed E-state index contributed by atoms with van der Waals surface area (Å²) in [5.41, 5.74) is 1.25. The van der Waals surface area contributed by atoms with Gasteiger partial charge in [0.05, 0.1) is 6.54 Å². The van der Waals surface area contributed by atoms with Gasteiger partial charge in [0.15, 0.2) is 0 Å². The second kappa shape index (κ2) is 6.15. The number of nitrogens with zero attached hydrogens (tertiary/aromatic N) is 1. The van der Waals surface area contributed by atoms with Gasteiger partial charge >= 0.3 is 0 Å². The third-order valence-corrected chi connectivity index (χ3v) is 4.83. The lowest BCUT2D eigenvalue weighted by atomic mass is 9.76. The van der Waals surface area contributed by atoms with E-state index in [2.05, 4.69) is 11.4 Å². The second-order valence-corrected chi connectivity index (χ2v) is 6.26. The summed E-state index contributed by atoms with van der Waals surface area (Å²) in [6.07, 6.45) is 4.47. The fraction of sp³-hybridized carbons (Fsp3) is 0.562. The molecule has 20 heavy (non-hydrogen) atoms. The Morgan fingerprint density at radius 3 is 2.65 bits per heavy atom. The number of hydrogen-bond acceptors (Lipinski definition) is 2. The number of carbonyl (C=O) groups excluding carboxylic acids is 1. The third-order valence-electron chi connectivity index (χ3n) is 4.48. The summed E-state index contributed by atoms with van der Waals surface area (Å²) in [5, 5.41) is 4.25. The Morgan fingerprint density at radius 2 is 1.95 bits per heavy atom. The normalized spacial score (nSPS) is 25.6. The topological polar surface area (TPSA) is 32.3 Å². The predicted octanol–water partition coefficient (Wildman–Crippen LogP) is 2.80. The molecule has 1 aliphatic carbocycles. The van der Waals surface area contributed by atoms with E-state index >= 15 is 0 Å². The molecule has 0 radical (unpaired) electrons. The molecule has 1 N–H and O–H groups in total. The van der Waals surface area contributed by atoms with Gasteiger partial charge in [-0.1, -0.05) is 29.8 Å². The number of nitrogens with one attached hydrogen (secondary N) is 1. The molecule has 2 aliphatic rings. The molecule has 2 fully saturated rings. The highest BCUT2D eigenvalue weighted by molar-refractivity contribution is 6.31. The molecule has 3 nitrogen and oxygen atoms in total. The lowest BCUT2D eigenvalue weighted by Crippen LogP contribution is -2.45. The smallest absolute Gasteiger partial charge is 0.236 e.